The van der Waals surface area contributed by atoms with Gasteiger partial charge in [-0.2, -0.15) is 4.98 Å². The Bertz CT molecular complexity index is 1460. The molecule has 162 valence electrons. The Morgan fingerprint density at radius 1 is 1.16 bits per heavy atom. The van der Waals surface area contributed by atoms with Crippen molar-refractivity contribution in [2.75, 3.05) is 17.7 Å². The Labute approximate surface area is 187 Å². The van der Waals surface area contributed by atoms with Crippen LogP contribution in [0.1, 0.15) is 30.5 Å². The van der Waals surface area contributed by atoms with Crippen LogP contribution in [0.15, 0.2) is 58.2 Å². The molecule has 11 heteroatoms. The Kier molecular flexibility index (Phi) is 4.30. The summed E-state index contributed by atoms with van der Waals surface area (Å²) in [7, 11) is -3.22. The van der Waals surface area contributed by atoms with Crippen LogP contribution in [0, 0.1) is 0 Å². The smallest absolute Gasteiger partial charge is 0.257 e. The van der Waals surface area contributed by atoms with E-state index < -0.39 is 9.84 Å². The quantitative estimate of drug-likeness (QED) is 0.440. The molecule has 1 fully saturated rings. The van der Waals surface area contributed by atoms with Crippen molar-refractivity contribution in [3.05, 3.63) is 60.5 Å². The van der Waals surface area contributed by atoms with Gasteiger partial charge in [0, 0.05) is 36.1 Å². The molecule has 9 nitrogen and oxygen atoms in total. The van der Waals surface area contributed by atoms with Crippen LogP contribution in [-0.2, 0) is 9.84 Å². The summed E-state index contributed by atoms with van der Waals surface area (Å²) in [6, 6.07) is 6.71. The number of allylic oxidation sites excluding steroid dienone is 2. The summed E-state index contributed by atoms with van der Waals surface area (Å²) in [4.78, 5) is 12.2. The molecule has 1 aliphatic heterocycles. The number of rotatable bonds is 5. The standard InChI is InChI=1S/C21H18N6O3S2/c1-32(28,29)16-6-4-13(5-7-16)17-12-27-20(22-17)31-21(24-27)26-10-8-15(9-11-26)19-23-18(25-30-19)14-2-3-14/h4-10,12,14H,2-3,11H2,1H3. The molecule has 0 amide bonds. The number of sulfone groups is 1. The first-order valence-corrected chi connectivity index (χ1v) is 12.8. The predicted octanol–water partition coefficient (Wildman–Crippen LogP) is 3.54. The number of hydrogen-bond acceptors (Lipinski definition) is 9. The van der Waals surface area contributed by atoms with Gasteiger partial charge in [0.25, 0.3) is 5.89 Å². The second-order valence-corrected chi connectivity index (χ2v) is 10.8. The van der Waals surface area contributed by atoms with Crippen LogP contribution in [0.25, 0.3) is 21.8 Å². The second kappa shape index (κ2) is 7.10. The minimum atomic E-state index is -3.22. The molecule has 3 aromatic heterocycles. The lowest BCUT2D eigenvalue weighted by atomic mass is 10.2. The van der Waals surface area contributed by atoms with Crippen LogP contribution in [0.2, 0.25) is 0 Å². The molecular formula is C21H18N6O3S2. The molecule has 0 radical (unpaired) electrons. The van der Waals surface area contributed by atoms with E-state index >= 15 is 0 Å². The molecule has 2 aliphatic rings. The van der Waals surface area contributed by atoms with E-state index in [1.165, 1.54) is 17.6 Å². The first kappa shape index (κ1) is 19.4. The van der Waals surface area contributed by atoms with Crippen LogP contribution < -0.4 is 4.90 Å². The number of fused-ring (bicyclic) bond motifs is 1. The molecule has 1 aromatic carbocycles. The predicted molar refractivity (Wildman–Crippen MR) is 120 cm³/mol. The maximum absolute atomic E-state index is 11.6. The molecule has 0 N–H and O–H groups in total. The van der Waals surface area contributed by atoms with E-state index in [2.05, 4.69) is 20.2 Å². The van der Waals surface area contributed by atoms with Gasteiger partial charge in [-0.05, 0) is 31.1 Å². The van der Waals surface area contributed by atoms with E-state index in [1.807, 2.05) is 29.4 Å². The fraction of sp³-hybridized carbons (Fsp3) is 0.238. The number of benzene rings is 1. The van der Waals surface area contributed by atoms with Crippen molar-refractivity contribution in [3.8, 4) is 11.3 Å². The van der Waals surface area contributed by atoms with E-state index in [1.54, 1.807) is 28.8 Å². The van der Waals surface area contributed by atoms with Gasteiger partial charge in [-0.15, -0.1) is 5.10 Å². The molecule has 1 aliphatic carbocycles. The van der Waals surface area contributed by atoms with Crippen LogP contribution in [0.5, 0.6) is 0 Å². The summed E-state index contributed by atoms with van der Waals surface area (Å²) < 4.78 is 30.4. The van der Waals surface area contributed by atoms with Gasteiger partial charge in [-0.1, -0.05) is 34.7 Å². The molecule has 32 heavy (non-hydrogen) atoms. The Hall–Kier alpha value is -3.31. The van der Waals surface area contributed by atoms with Crippen LogP contribution in [-0.4, -0.2) is 46.0 Å². The maximum Gasteiger partial charge on any atom is 0.257 e. The lowest BCUT2D eigenvalue weighted by molar-refractivity contribution is 0.401. The minimum Gasteiger partial charge on any atom is -0.334 e. The lowest BCUT2D eigenvalue weighted by Crippen LogP contribution is -2.18. The van der Waals surface area contributed by atoms with Gasteiger partial charge in [0.05, 0.1) is 16.8 Å². The number of anilines is 1. The van der Waals surface area contributed by atoms with Crippen molar-refractivity contribution in [1.82, 2.24) is 24.7 Å². The normalized spacial score (nSPS) is 16.7. The zero-order chi connectivity index (χ0) is 21.9. The molecule has 0 spiro atoms. The van der Waals surface area contributed by atoms with Crippen molar-refractivity contribution in [2.24, 2.45) is 0 Å². The third kappa shape index (κ3) is 3.53. The fourth-order valence-electron chi connectivity index (χ4n) is 3.47. The van der Waals surface area contributed by atoms with Gasteiger partial charge < -0.3 is 9.42 Å². The number of nitrogens with zero attached hydrogens (tertiary/aromatic N) is 6. The van der Waals surface area contributed by atoms with E-state index in [9.17, 15) is 8.42 Å². The van der Waals surface area contributed by atoms with E-state index in [0.29, 0.717) is 18.4 Å². The Balaban J connectivity index is 1.19. The van der Waals surface area contributed by atoms with Gasteiger partial charge >= 0.3 is 0 Å². The fourth-order valence-corrected chi connectivity index (χ4v) is 4.98. The maximum atomic E-state index is 11.6. The molecule has 0 saturated heterocycles. The van der Waals surface area contributed by atoms with Gasteiger partial charge in [-0.3, -0.25) is 0 Å². The lowest BCUT2D eigenvalue weighted by Gasteiger charge is -2.17. The average Bonchev–Trinajstić information content (AvgIpc) is 3.19. The first-order chi connectivity index (χ1) is 15.4. The van der Waals surface area contributed by atoms with Crippen molar-refractivity contribution in [3.63, 3.8) is 0 Å². The third-order valence-corrected chi connectivity index (χ3v) is 7.52. The highest BCUT2D eigenvalue weighted by molar-refractivity contribution is 7.90. The highest BCUT2D eigenvalue weighted by Crippen LogP contribution is 2.38. The molecule has 0 unspecified atom stereocenters. The summed E-state index contributed by atoms with van der Waals surface area (Å²) in [5.74, 6) is 1.83. The first-order valence-electron chi connectivity index (χ1n) is 10.1. The molecule has 0 atom stereocenters. The second-order valence-electron chi connectivity index (χ2n) is 7.89. The van der Waals surface area contributed by atoms with Crippen LogP contribution in [0.4, 0.5) is 5.13 Å². The number of hydrogen-bond donors (Lipinski definition) is 0. The monoisotopic (exact) mass is 466 g/mol. The summed E-state index contributed by atoms with van der Waals surface area (Å²) in [6.07, 6.45) is 11.3. The minimum absolute atomic E-state index is 0.288. The van der Waals surface area contributed by atoms with Crippen LogP contribution in [0.3, 0.4) is 0 Å². The SMILES string of the molecule is CS(=O)(=O)c1ccc(-c2cn3nc(N4C=CC(c5nc(C6CC6)no5)=CC4)sc3n2)cc1. The largest absolute Gasteiger partial charge is 0.334 e. The number of aromatic nitrogens is 5. The zero-order valence-electron chi connectivity index (χ0n) is 17.0. The highest BCUT2D eigenvalue weighted by atomic mass is 32.2. The van der Waals surface area contributed by atoms with Gasteiger partial charge in [0.2, 0.25) is 10.1 Å². The summed E-state index contributed by atoms with van der Waals surface area (Å²) >= 11 is 1.48. The van der Waals surface area contributed by atoms with Crippen molar-refractivity contribution in [2.45, 2.75) is 23.7 Å². The molecule has 0 bridgehead atoms. The summed E-state index contributed by atoms with van der Waals surface area (Å²) in [6.45, 7) is 0.642. The Morgan fingerprint density at radius 2 is 1.97 bits per heavy atom. The summed E-state index contributed by atoms with van der Waals surface area (Å²) in [5.41, 5.74) is 2.50. The summed E-state index contributed by atoms with van der Waals surface area (Å²) in [5, 5.41) is 9.54. The molecule has 6 rings (SSSR count). The van der Waals surface area contributed by atoms with E-state index in [-0.39, 0.29) is 4.90 Å². The highest BCUT2D eigenvalue weighted by Gasteiger charge is 2.29. The van der Waals surface area contributed by atoms with Crippen molar-refractivity contribution in [1.29, 1.82) is 0 Å². The van der Waals surface area contributed by atoms with Crippen LogP contribution >= 0.6 is 11.3 Å². The average molecular weight is 467 g/mol. The Morgan fingerprint density at radius 3 is 2.62 bits per heavy atom. The number of imidazole rings is 1. The van der Waals surface area contributed by atoms with Crippen molar-refractivity contribution >= 4 is 36.8 Å². The van der Waals surface area contributed by atoms with Crippen molar-refractivity contribution < 1.29 is 12.9 Å². The molecule has 1 saturated carbocycles. The van der Waals surface area contributed by atoms with Gasteiger partial charge in [0.15, 0.2) is 15.7 Å². The molecular weight excluding hydrogens is 448 g/mol. The molecule has 4 aromatic rings. The zero-order valence-corrected chi connectivity index (χ0v) is 18.7. The third-order valence-electron chi connectivity index (χ3n) is 5.43. The topological polar surface area (TPSA) is 106 Å². The van der Waals surface area contributed by atoms with Gasteiger partial charge in [0.1, 0.15) is 0 Å². The van der Waals surface area contributed by atoms with Gasteiger partial charge in [-0.25, -0.2) is 17.9 Å². The molecule has 4 heterocycles. The van der Waals surface area contributed by atoms with E-state index in [0.717, 1.165) is 45.6 Å². The van der Waals surface area contributed by atoms with E-state index in [4.69, 9.17) is 4.52 Å².